The smallest absolute Gasteiger partial charge is 0.141 e. The first kappa shape index (κ1) is 14.4. The molecule has 0 aliphatic rings. The van der Waals surface area contributed by atoms with E-state index < -0.39 is 6.10 Å². The second-order valence-corrected chi connectivity index (χ2v) is 4.96. The fourth-order valence-corrected chi connectivity index (χ4v) is 2.31. The average Bonchev–Trinajstić information content (AvgIpc) is 2.45. The highest BCUT2D eigenvalue weighted by atomic mass is 16.5. The number of aliphatic hydroxyl groups is 1. The van der Waals surface area contributed by atoms with Gasteiger partial charge in [0.25, 0.3) is 0 Å². The standard InChI is InChI=1S/C17H21NO2/c1-12-8-9-14(13(2)10-12)16(19)11-18-15-6-4-5-7-17(15)20-3/h4-10,16,18-19H,11H2,1-3H3. The summed E-state index contributed by atoms with van der Waals surface area (Å²) in [5.41, 5.74) is 4.16. The fourth-order valence-electron chi connectivity index (χ4n) is 2.31. The minimum Gasteiger partial charge on any atom is -0.495 e. The molecular formula is C17H21NO2. The van der Waals surface area contributed by atoms with Crippen LogP contribution in [0.15, 0.2) is 42.5 Å². The summed E-state index contributed by atoms with van der Waals surface area (Å²) in [6.45, 7) is 4.52. The summed E-state index contributed by atoms with van der Waals surface area (Å²) in [5.74, 6) is 0.778. The average molecular weight is 271 g/mol. The lowest BCUT2D eigenvalue weighted by Crippen LogP contribution is -2.13. The molecule has 2 N–H and O–H groups in total. The van der Waals surface area contributed by atoms with Gasteiger partial charge < -0.3 is 15.2 Å². The Kier molecular flexibility index (Phi) is 4.64. The molecule has 3 heteroatoms. The zero-order valence-corrected chi connectivity index (χ0v) is 12.2. The van der Waals surface area contributed by atoms with E-state index in [1.54, 1.807) is 7.11 Å². The molecule has 3 nitrogen and oxygen atoms in total. The number of para-hydroxylation sites is 2. The van der Waals surface area contributed by atoms with E-state index >= 15 is 0 Å². The first-order valence-electron chi connectivity index (χ1n) is 6.74. The third kappa shape index (κ3) is 3.31. The van der Waals surface area contributed by atoms with E-state index in [9.17, 15) is 5.11 Å². The lowest BCUT2D eigenvalue weighted by atomic mass is 10.0. The molecule has 0 spiro atoms. The monoisotopic (exact) mass is 271 g/mol. The van der Waals surface area contributed by atoms with Crippen molar-refractivity contribution < 1.29 is 9.84 Å². The number of nitrogens with one attached hydrogen (secondary N) is 1. The molecule has 0 heterocycles. The summed E-state index contributed by atoms with van der Waals surface area (Å²) in [5, 5.41) is 13.5. The number of aryl methyl sites for hydroxylation is 2. The van der Waals surface area contributed by atoms with E-state index in [0.717, 1.165) is 22.6 Å². The van der Waals surface area contributed by atoms with E-state index in [-0.39, 0.29) is 0 Å². The Morgan fingerprint density at radius 3 is 2.60 bits per heavy atom. The zero-order valence-electron chi connectivity index (χ0n) is 12.2. The molecule has 106 valence electrons. The van der Waals surface area contributed by atoms with Crippen LogP contribution >= 0.6 is 0 Å². The van der Waals surface area contributed by atoms with Crippen molar-refractivity contribution in [3.63, 3.8) is 0 Å². The van der Waals surface area contributed by atoms with Crippen molar-refractivity contribution in [2.24, 2.45) is 0 Å². The summed E-state index contributed by atoms with van der Waals surface area (Å²) < 4.78 is 5.28. The Bertz CT molecular complexity index is 581. The molecule has 1 unspecified atom stereocenters. The van der Waals surface area contributed by atoms with E-state index in [1.807, 2.05) is 43.3 Å². The van der Waals surface area contributed by atoms with E-state index in [0.29, 0.717) is 6.54 Å². The van der Waals surface area contributed by atoms with Gasteiger partial charge in [0.2, 0.25) is 0 Å². The molecule has 0 saturated heterocycles. The lowest BCUT2D eigenvalue weighted by Gasteiger charge is -2.17. The van der Waals surface area contributed by atoms with Crippen molar-refractivity contribution in [2.45, 2.75) is 20.0 Å². The van der Waals surface area contributed by atoms with Gasteiger partial charge in [0.1, 0.15) is 5.75 Å². The number of hydrogen-bond acceptors (Lipinski definition) is 3. The molecule has 0 bridgehead atoms. The predicted molar refractivity (Wildman–Crippen MR) is 82.4 cm³/mol. The third-order valence-corrected chi connectivity index (χ3v) is 3.38. The van der Waals surface area contributed by atoms with Crippen LogP contribution in [0.25, 0.3) is 0 Å². The molecule has 0 saturated carbocycles. The summed E-state index contributed by atoms with van der Waals surface area (Å²) in [7, 11) is 1.64. The van der Waals surface area contributed by atoms with Crippen LogP contribution in [-0.2, 0) is 0 Å². The van der Waals surface area contributed by atoms with Crippen molar-refractivity contribution in [2.75, 3.05) is 19.0 Å². The highest BCUT2D eigenvalue weighted by Crippen LogP contribution is 2.25. The largest absolute Gasteiger partial charge is 0.495 e. The summed E-state index contributed by atoms with van der Waals surface area (Å²) in [4.78, 5) is 0. The van der Waals surface area contributed by atoms with Crippen molar-refractivity contribution >= 4 is 5.69 Å². The predicted octanol–water partition coefficient (Wildman–Crippen LogP) is 3.46. The highest BCUT2D eigenvalue weighted by Gasteiger charge is 2.11. The zero-order chi connectivity index (χ0) is 14.5. The fraction of sp³-hybridized carbons (Fsp3) is 0.294. The van der Waals surface area contributed by atoms with Gasteiger partial charge in [-0.05, 0) is 37.1 Å². The van der Waals surface area contributed by atoms with Gasteiger partial charge in [-0.3, -0.25) is 0 Å². The van der Waals surface area contributed by atoms with Crippen LogP contribution in [0.1, 0.15) is 22.8 Å². The van der Waals surface area contributed by atoms with E-state index in [1.165, 1.54) is 5.56 Å². The van der Waals surface area contributed by atoms with Gasteiger partial charge in [-0.1, -0.05) is 35.9 Å². The van der Waals surface area contributed by atoms with Gasteiger partial charge in [0, 0.05) is 6.54 Å². The SMILES string of the molecule is COc1ccccc1NCC(O)c1ccc(C)cc1C. The van der Waals surface area contributed by atoms with Crippen molar-refractivity contribution in [1.82, 2.24) is 0 Å². The number of anilines is 1. The van der Waals surface area contributed by atoms with Crippen molar-refractivity contribution in [3.05, 3.63) is 59.2 Å². The molecule has 2 aromatic carbocycles. The number of hydrogen-bond donors (Lipinski definition) is 2. The second-order valence-electron chi connectivity index (χ2n) is 4.96. The molecule has 0 aliphatic carbocycles. The van der Waals surface area contributed by atoms with Crippen LogP contribution in [0.2, 0.25) is 0 Å². The maximum Gasteiger partial charge on any atom is 0.141 e. The molecule has 1 atom stereocenters. The summed E-state index contributed by atoms with van der Waals surface area (Å²) in [6.07, 6.45) is -0.541. The molecule has 2 aromatic rings. The minimum atomic E-state index is -0.541. The first-order chi connectivity index (χ1) is 9.61. The highest BCUT2D eigenvalue weighted by molar-refractivity contribution is 5.56. The van der Waals surface area contributed by atoms with Crippen molar-refractivity contribution in [1.29, 1.82) is 0 Å². The van der Waals surface area contributed by atoms with Crippen LogP contribution in [0, 0.1) is 13.8 Å². The molecule has 20 heavy (non-hydrogen) atoms. The van der Waals surface area contributed by atoms with Gasteiger partial charge in [0.15, 0.2) is 0 Å². The Morgan fingerprint density at radius 1 is 1.15 bits per heavy atom. The summed E-state index contributed by atoms with van der Waals surface area (Å²) in [6, 6.07) is 13.8. The quantitative estimate of drug-likeness (QED) is 0.875. The number of rotatable bonds is 5. The van der Waals surface area contributed by atoms with Gasteiger partial charge in [-0.25, -0.2) is 0 Å². The molecule has 0 amide bonds. The number of methoxy groups -OCH3 is 1. The van der Waals surface area contributed by atoms with Crippen LogP contribution in [0.3, 0.4) is 0 Å². The van der Waals surface area contributed by atoms with Crippen LogP contribution in [-0.4, -0.2) is 18.8 Å². The van der Waals surface area contributed by atoms with E-state index in [4.69, 9.17) is 4.74 Å². The number of ether oxygens (including phenoxy) is 1. The molecular weight excluding hydrogens is 250 g/mol. The molecule has 0 aromatic heterocycles. The molecule has 0 fully saturated rings. The first-order valence-corrected chi connectivity index (χ1v) is 6.74. The topological polar surface area (TPSA) is 41.5 Å². The van der Waals surface area contributed by atoms with E-state index in [2.05, 4.69) is 18.3 Å². The van der Waals surface area contributed by atoms with Gasteiger partial charge >= 0.3 is 0 Å². The third-order valence-electron chi connectivity index (χ3n) is 3.38. The number of benzene rings is 2. The van der Waals surface area contributed by atoms with Crippen LogP contribution in [0.4, 0.5) is 5.69 Å². The maximum atomic E-state index is 10.3. The number of aliphatic hydroxyl groups excluding tert-OH is 1. The maximum absolute atomic E-state index is 10.3. The second kappa shape index (κ2) is 6.44. The van der Waals surface area contributed by atoms with Crippen LogP contribution < -0.4 is 10.1 Å². The lowest BCUT2D eigenvalue weighted by molar-refractivity contribution is 0.191. The van der Waals surface area contributed by atoms with Crippen molar-refractivity contribution in [3.8, 4) is 5.75 Å². The Hall–Kier alpha value is -2.00. The summed E-state index contributed by atoms with van der Waals surface area (Å²) >= 11 is 0. The van der Waals surface area contributed by atoms with Gasteiger partial charge in [-0.15, -0.1) is 0 Å². The molecule has 2 rings (SSSR count). The Labute approximate surface area is 120 Å². The van der Waals surface area contributed by atoms with Gasteiger partial charge in [0.05, 0.1) is 18.9 Å². The molecule has 0 radical (unpaired) electrons. The molecule has 0 aliphatic heterocycles. The minimum absolute atomic E-state index is 0.449. The Morgan fingerprint density at radius 2 is 1.90 bits per heavy atom. The van der Waals surface area contributed by atoms with Gasteiger partial charge in [-0.2, -0.15) is 0 Å². The Balaban J connectivity index is 2.06. The normalized spacial score (nSPS) is 12.0. The van der Waals surface area contributed by atoms with Crippen LogP contribution in [0.5, 0.6) is 5.75 Å².